The monoisotopic (exact) mass is 406 g/mol. The summed E-state index contributed by atoms with van der Waals surface area (Å²) in [6, 6.07) is 11.3. The van der Waals surface area contributed by atoms with Gasteiger partial charge >= 0.3 is 6.61 Å². The number of ether oxygens (including phenoxy) is 3. The van der Waals surface area contributed by atoms with Crippen molar-refractivity contribution < 1.29 is 27.8 Å². The molecule has 1 N–H and O–H groups in total. The lowest BCUT2D eigenvalue weighted by atomic mass is 10.1. The zero-order valence-corrected chi connectivity index (χ0v) is 15.8. The minimum Gasteiger partial charge on any atom is -0.495 e. The highest BCUT2D eigenvalue weighted by Gasteiger charge is 2.33. The number of benzene rings is 2. The van der Waals surface area contributed by atoms with Crippen LogP contribution in [0.25, 0.3) is 6.08 Å². The SMILES string of the molecule is COc1cc(/C=C2/NC(=S)N(c3ccccc3OC)C2=O)ccc1OC(F)F. The van der Waals surface area contributed by atoms with Gasteiger partial charge in [0.1, 0.15) is 11.4 Å². The molecule has 1 fully saturated rings. The third-order valence-corrected chi connectivity index (χ3v) is 4.20. The summed E-state index contributed by atoms with van der Waals surface area (Å²) in [7, 11) is 2.84. The first-order valence-electron chi connectivity index (χ1n) is 8.07. The number of hydrogen-bond acceptors (Lipinski definition) is 5. The summed E-state index contributed by atoms with van der Waals surface area (Å²) >= 11 is 5.29. The first-order chi connectivity index (χ1) is 13.4. The minimum absolute atomic E-state index is 0.100. The lowest BCUT2D eigenvalue weighted by Gasteiger charge is -2.17. The zero-order chi connectivity index (χ0) is 20.3. The molecular formula is C19H16F2N2O4S. The average molecular weight is 406 g/mol. The summed E-state index contributed by atoms with van der Waals surface area (Å²) in [5.74, 6) is 0.138. The third-order valence-electron chi connectivity index (χ3n) is 3.92. The maximum atomic E-state index is 12.9. The van der Waals surface area contributed by atoms with Crippen LogP contribution in [0.4, 0.5) is 14.5 Å². The molecule has 1 heterocycles. The van der Waals surface area contributed by atoms with Crippen molar-refractivity contribution in [2.24, 2.45) is 0 Å². The highest BCUT2D eigenvalue weighted by atomic mass is 32.1. The number of carbonyl (C=O) groups is 1. The van der Waals surface area contributed by atoms with Gasteiger partial charge in [0.2, 0.25) is 0 Å². The van der Waals surface area contributed by atoms with Crippen LogP contribution < -0.4 is 24.4 Å². The zero-order valence-electron chi connectivity index (χ0n) is 14.9. The van der Waals surface area contributed by atoms with Crippen LogP contribution in [0.15, 0.2) is 48.2 Å². The predicted molar refractivity (Wildman–Crippen MR) is 104 cm³/mol. The number of methoxy groups -OCH3 is 2. The number of rotatable bonds is 6. The summed E-state index contributed by atoms with van der Waals surface area (Å²) in [5, 5.41) is 3.06. The molecule has 1 aliphatic rings. The van der Waals surface area contributed by atoms with Gasteiger partial charge < -0.3 is 19.5 Å². The van der Waals surface area contributed by atoms with Crippen molar-refractivity contribution in [2.45, 2.75) is 6.61 Å². The molecule has 146 valence electrons. The lowest BCUT2D eigenvalue weighted by Crippen LogP contribution is -2.30. The topological polar surface area (TPSA) is 60.0 Å². The highest BCUT2D eigenvalue weighted by Crippen LogP contribution is 2.33. The van der Waals surface area contributed by atoms with Crippen LogP contribution in [0, 0.1) is 0 Å². The van der Waals surface area contributed by atoms with Gasteiger partial charge in [-0.15, -0.1) is 0 Å². The van der Waals surface area contributed by atoms with Crippen molar-refractivity contribution in [3.63, 3.8) is 0 Å². The Bertz CT molecular complexity index is 949. The quantitative estimate of drug-likeness (QED) is 0.585. The van der Waals surface area contributed by atoms with Gasteiger partial charge in [-0.25, -0.2) is 4.90 Å². The van der Waals surface area contributed by atoms with E-state index >= 15 is 0 Å². The molecule has 28 heavy (non-hydrogen) atoms. The van der Waals surface area contributed by atoms with Gasteiger partial charge in [0.05, 0.1) is 19.9 Å². The molecule has 1 amide bonds. The molecule has 3 rings (SSSR count). The van der Waals surface area contributed by atoms with Gasteiger partial charge in [0, 0.05) is 0 Å². The van der Waals surface area contributed by atoms with Crippen molar-refractivity contribution in [3.05, 3.63) is 53.7 Å². The van der Waals surface area contributed by atoms with E-state index in [1.54, 1.807) is 30.3 Å². The van der Waals surface area contributed by atoms with Gasteiger partial charge in [-0.1, -0.05) is 18.2 Å². The normalized spacial score (nSPS) is 15.2. The Kier molecular flexibility index (Phi) is 5.74. The third kappa shape index (κ3) is 3.89. The lowest BCUT2D eigenvalue weighted by molar-refractivity contribution is -0.113. The van der Waals surface area contributed by atoms with Gasteiger partial charge in [0.25, 0.3) is 5.91 Å². The van der Waals surface area contributed by atoms with E-state index < -0.39 is 6.61 Å². The molecule has 0 unspecified atom stereocenters. The second-order valence-corrected chi connectivity index (χ2v) is 5.98. The maximum Gasteiger partial charge on any atom is 0.387 e. The fourth-order valence-electron chi connectivity index (χ4n) is 2.70. The first-order valence-corrected chi connectivity index (χ1v) is 8.48. The molecule has 0 bridgehead atoms. The summed E-state index contributed by atoms with van der Waals surface area (Å²) in [6.07, 6.45) is 1.54. The van der Waals surface area contributed by atoms with Crippen LogP contribution in [0.5, 0.6) is 17.2 Å². The number of thiocarbonyl (C=S) groups is 1. The van der Waals surface area contributed by atoms with E-state index in [0.717, 1.165) is 0 Å². The fourth-order valence-corrected chi connectivity index (χ4v) is 2.99. The highest BCUT2D eigenvalue weighted by molar-refractivity contribution is 7.80. The van der Waals surface area contributed by atoms with Gasteiger partial charge in [-0.05, 0) is 48.1 Å². The minimum atomic E-state index is -2.97. The molecule has 0 atom stereocenters. The number of nitrogens with one attached hydrogen (secondary N) is 1. The predicted octanol–water partition coefficient (Wildman–Crippen LogP) is 3.57. The standard InChI is InChI=1S/C19H16F2N2O4S/c1-25-14-6-4-3-5-13(14)23-17(24)12(22-19(23)28)9-11-7-8-15(27-18(20)21)16(10-11)26-2/h3-10,18H,1-2H3,(H,22,28)/b12-9+. The first kappa shape index (κ1) is 19.6. The number of carbonyl (C=O) groups excluding carboxylic acids is 1. The summed E-state index contributed by atoms with van der Waals surface area (Å²) < 4.78 is 39.7. The molecule has 0 aliphatic carbocycles. The number of alkyl halides is 2. The van der Waals surface area contributed by atoms with E-state index in [0.29, 0.717) is 17.0 Å². The van der Waals surface area contributed by atoms with Crippen molar-refractivity contribution in [2.75, 3.05) is 19.1 Å². The summed E-state index contributed by atoms with van der Waals surface area (Å²) in [6.45, 7) is -2.97. The van der Waals surface area contributed by atoms with Crippen LogP contribution in [0.3, 0.4) is 0 Å². The largest absolute Gasteiger partial charge is 0.495 e. The van der Waals surface area contributed by atoms with E-state index in [1.807, 2.05) is 0 Å². The average Bonchev–Trinajstić information content (AvgIpc) is 2.95. The number of anilines is 1. The van der Waals surface area contributed by atoms with E-state index in [9.17, 15) is 13.6 Å². The molecule has 1 saturated heterocycles. The molecule has 2 aromatic carbocycles. The Balaban J connectivity index is 1.92. The van der Waals surface area contributed by atoms with Crippen molar-refractivity contribution in [1.29, 1.82) is 0 Å². The van der Waals surface area contributed by atoms with E-state index in [4.69, 9.17) is 21.7 Å². The van der Waals surface area contributed by atoms with Gasteiger partial charge in [-0.2, -0.15) is 8.78 Å². The van der Waals surface area contributed by atoms with Crippen LogP contribution in [-0.2, 0) is 4.79 Å². The molecule has 6 nitrogen and oxygen atoms in total. The van der Waals surface area contributed by atoms with Crippen molar-refractivity contribution in [3.8, 4) is 17.2 Å². The molecule has 0 radical (unpaired) electrons. The summed E-state index contributed by atoms with van der Waals surface area (Å²) in [5.41, 5.74) is 1.27. The Morgan fingerprint density at radius 1 is 1.07 bits per heavy atom. The number of nitrogens with zero attached hydrogens (tertiary/aromatic N) is 1. The fraction of sp³-hybridized carbons (Fsp3) is 0.158. The Morgan fingerprint density at radius 2 is 1.79 bits per heavy atom. The number of amides is 1. The molecule has 0 saturated carbocycles. The smallest absolute Gasteiger partial charge is 0.387 e. The van der Waals surface area contributed by atoms with Crippen LogP contribution in [0.2, 0.25) is 0 Å². The molecule has 9 heteroatoms. The number of halogens is 2. The van der Waals surface area contributed by atoms with Gasteiger partial charge in [-0.3, -0.25) is 4.79 Å². The second-order valence-electron chi connectivity index (χ2n) is 5.59. The Labute approximate surface area is 165 Å². The molecular weight excluding hydrogens is 390 g/mol. The molecule has 0 aromatic heterocycles. The van der Waals surface area contributed by atoms with Crippen LogP contribution in [-0.4, -0.2) is 31.9 Å². The van der Waals surface area contributed by atoms with Crippen LogP contribution in [0.1, 0.15) is 5.56 Å². The van der Waals surface area contributed by atoms with E-state index in [-0.39, 0.29) is 28.2 Å². The van der Waals surface area contributed by atoms with Crippen molar-refractivity contribution >= 4 is 35.0 Å². The second kappa shape index (κ2) is 8.22. The van der Waals surface area contributed by atoms with E-state index in [2.05, 4.69) is 10.1 Å². The maximum absolute atomic E-state index is 12.9. The Morgan fingerprint density at radius 3 is 2.46 bits per heavy atom. The van der Waals surface area contributed by atoms with E-state index in [1.165, 1.54) is 37.3 Å². The Hall–Kier alpha value is -3.20. The molecule has 1 aliphatic heterocycles. The number of para-hydroxylation sites is 2. The summed E-state index contributed by atoms with van der Waals surface area (Å²) in [4.78, 5) is 14.2. The molecule has 0 spiro atoms. The molecule has 2 aromatic rings. The number of hydrogen-bond donors (Lipinski definition) is 1. The van der Waals surface area contributed by atoms with Gasteiger partial charge in [0.15, 0.2) is 16.6 Å². The van der Waals surface area contributed by atoms with Crippen LogP contribution >= 0.6 is 12.2 Å². The van der Waals surface area contributed by atoms with Crippen molar-refractivity contribution in [1.82, 2.24) is 5.32 Å².